The highest BCUT2D eigenvalue weighted by Crippen LogP contribution is 2.49. The Balaban J connectivity index is 2.24. The molecular formula is C19H34N2O11P2. The lowest BCUT2D eigenvalue weighted by molar-refractivity contribution is -0.0364. The van der Waals surface area contributed by atoms with Crippen molar-refractivity contribution in [2.45, 2.75) is 77.7 Å². The fraction of sp³-hybridized carbons (Fsp3) is 0.789. The van der Waals surface area contributed by atoms with Crippen molar-refractivity contribution in [2.24, 2.45) is 0 Å². The number of rotatable bonds is 13. The van der Waals surface area contributed by atoms with Crippen LogP contribution in [0, 0.1) is 6.92 Å². The van der Waals surface area contributed by atoms with Crippen LogP contribution >= 0.6 is 15.6 Å². The zero-order chi connectivity index (χ0) is 25.4. The smallest absolute Gasteiger partial charge is 0.355 e. The molecule has 15 heteroatoms. The van der Waals surface area contributed by atoms with E-state index in [4.69, 9.17) is 22.8 Å². The molecule has 1 fully saturated rings. The summed E-state index contributed by atoms with van der Waals surface area (Å²) in [5, 5.41) is 0. The summed E-state index contributed by atoms with van der Waals surface area (Å²) in [4.78, 5) is 46.4. The number of hydrogen-bond acceptors (Lipinski definition) is 9. The first kappa shape index (κ1) is 29.1. The monoisotopic (exact) mass is 528 g/mol. The quantitative estimate of drug-likeness (QED) is 0.253. The molecule has 0 bridgehead atoms. The second-order valence-electron chi connectivity index (χ2n) is 8.00. The Morgan fingerprint density at radius 3 is 2.15 bits per heavy atom. The minimum absolute atomic E-state index is 0.00649. The van der Waals surface area contributed by atoms with E-state index in [1.54, 1.807) is 0 Å². The van der Waals surface area contributed by atoms with Crippen LogP contribution in [0.1, 0.15) is 64.2 Å². The van der Waals surface area contributed by atoms with Crippen LogP contribution in [0.15, 0.2) is 15.8 Å². The Kier molecular flexibility index (Phi) is 11.3. The molecule has 0 radical (unpaired) electrons. The lowest BCUT2D eigenvalue weighted by atomic mass is 10.1. The predicted octanol–water partition coefficient (Wildman–Crippen LogP) is 2.76. The maximum atomic E-state index is 12.4. The van der Waals surface area contributed by atoms with E-state index in [1.807, 2.05) is 13.8 Å². The van der Waals surface area contributed by atoms with Gasteiger partial charge >= 0.3 is 21.3 Å². The number of aromatic amines is 1. The number of nitrogens with zero attached hydrogens (tertiary/aromatic N) is 1. The first-order chi connectivity index (χ1) is 16.0. The molecule has 196 valence electrons. The fourth-order valence-electron chi connectivity index (χ4n) is 3.21. The first-order valence-electron chi connectivity index (χ1n) is 11.2. The maximum Gasteiger partial charge on any atom is 0.472 e. The van der Waals surface area contributed by atoms with Crippen LogP contribution in [-0.4, -0.2) is 51.4 Å². The van der Waals surface area contributed by atoms with Crippen molar-refractivity contribution in [1.29, 1.82) is 0 Å². The first-order valence-corrected chi connectivity index (χ1v) is 14.2. The van der Waals surface area contributed by atoms with Crippen LogP contribution < -0.4 is 11.2 Å². The summed E-state index contributed by atoms with van der Waals surface area (Å²) in [6.45, 7) is 5.06. The Bertz CT molecular complexity index is 995. The zero-order valence-corrected chi connectivity index (χ0v) is 21.4. The number of nitrogens with one attached hydrogen (secondary N) is 1. The molecule has 0 saturated carbocycles. The van der Waals surface area contributed by atoms with Crippen molar-refractivity contribution in [2.75, 3.05) is 19.8 Å². The molecular weight excluding hydrogens is 494 g/mol. The topological polar surface area (TPSA) is 176 Å². The third kappa shape index (κ3) is 9.49. The number of hydrogen-bond donors (Lipinski definition) is 3. The van der Waals surface area contributed by atoms with Gasteiger partial charge in [0.1, 0.15) is 6.23 Å². The minimum atomic E-state index is -4.48. The highest BCUT2D eigenvalue weighted by atomic mass is 31.2. The number of unbranched alkanes of at least 4 members (excludes halogenated alkanes) is 2. The largest absolute Gasteiger partial charge is 0.472 e. The molecule has 1 saturated heterocycles. The van der Waals surface area contributed by atoms with Crippen molar-refractivity contribution in [3.8, 4) is 0 Å². The number of phosphoric ester groups is 2. The molecule has 0 aliphatic carbocycles. The van der Waals surface area contributed by atoms with Gasteiger partial charge in [-0.15, -0.1) is 0 Å². The van der Waals surface area contributed by atoms with E-state index >= 15 is 0 Å². The van der Waals surface area contributed by atoms with Gasteiger partial charge < -0.3 is 14.5 Å². The van der Waals surface area contributed by atoms with E-state index in [0.29, 0.717) is 12.8 Å². The highest BCUT2D eigenvalue weighted by Gasteiger charge is 2.37. The predicted molar refractivity (Wildman–Crippen MR) is 121 cm³/mol. The minimum Gasteiger partial charge on any atom is -0.355 e. The van der Waals surface area contributed by atoms with Crippen LogP contribution in [0.5, 0.6) is 0 Å². The van der Waals surface area contributed by atoms with Gasteiger partial charge in [0.2, 0.25) is 0 Å². The fourth-order valence-corrected chi connectivity index (χ4v) is 5.12. The summed E-state index contributed by atoms with van der Waals surface area (Å²) >= 11 is 0. The summed E-state index contributed by atoms with van der Waals surface area (Å²) in [6, 6.07) is 0. The summed E-state index contributed by atoms with van der Waals surface area (Å²) in [5.74, 6) is 0. The second kappa shape index (κ2) is 13.2. The number of aryl methyl sites for hydroxylation is 1. The molecule has 4 unspecified atom stereocenters. The van der Waals surface area contributed by atoms with Gasteiger partial charge in [0.25, 0.3) is 5.56 Å². The number of aromatic nitrogens is 2. The SMILES string of the molecule is CCCCOP(=O)(O)OC1CO[C@@H](n2cc(C)c(=O)[nH]c2=O)CC(OP(=O)(O)OCCCC)C1. The standard InChI is InChI=1S/C19H34N2O11P2/c1-4-6-8-29-33(24,25)31-15-10-16(32-34(26,27)30-9-7-5-2)13-28-17(11-15)21-12-14(3)18(22)20-19(21)23/h12,15-17H,4-11,13H2,1-3H3,(H,24,25)(H,26,27)(H,20,22,23)/t15?,16?,17-/m1/s1. The molecule has 13 nitrogen and oxygen atoms in total. The maximum absolute atomic E-state index is 12.4. The molecule has 5 atom stereocenters. The Labute approximate surface area is 197 Å². The number of H-pyrrole nitrogens is 1. The molecule has 1 aliphatic heterocycles. The average Bonchev–Trinajstić information content (AvgIpc) is 2.91. The van der Waals surface area contributed by atoms with Gasteiger partial charge in [0.05, 0.1) is 32.0 Å². The molecule has 2 rings (SSSR count). The van der Waals surface area contributed by atoms with Crippen molar-refractivity contribution in [3.05, 3.63) is 32.6 Å². The van der Waals surface area contributed by atoms with Gasteiger partial charge in [-0.05, 0) is 19.8 Å². The third-order valence-electron chi connectivity index (χ3n) is 4.99. The van der Waals surface area contributed by atoms with Gasteiger partial charge in [-0.25, -0.2) is 13.9 Å². The van der Waals surface area contributed by atoms with E-state index in [0.717, 1.165) is 17.4 Å². The Morgan fingerprint density at radius 1 is 1.03 bits per heavy atom. The molecule has 0 aromatic carbocycles. The lowest BCUT2D eigenvalue weighted by Gasteiger charge is -2.24. The van der Waals surface area contributed by atoms with Gasteiger partial charge in [-0.1, -0.05) is 26.7 Å². The normalized spacial score (nSPS) is 24.8. The average molecular weight is 528 g/mol. The van der Waals surface area contributed by atoms with E-state index in [1.165, 1.54) is 13.1 Å². The van der Waals surface area contributed by atoms with Gasteiger partial charge in [-0.2, -0.15) is 0 Å². The van der Waals surface area contributed by atoms with Gasteiger partial charge in [0, 0.05) is 24.6 Å². The van der Waals surface area contributed by atoms with E-state index in [9.17, 15) is 28.5 Å². The zero-order valence-electron chi connectivity index (χ0n) is 19.6. The van der Waals surface area contributed by atoms with Crippen LogP contribution in [0.4, 0.5) is 0 Å². The van der Waals surface area contributed by atoms with E-state index in [2.05, 4.69) is 4.98 Å². The number of phosphoric acid groups is 2. The summed E-state index contributed by atoms with van der Waals surface area (Å²) in [5.41, 5.74) is -1.06. The molecule has 0 amide bonds. The molecule has 0 spiro atoms. The van der Waals surface area contributed by atoms with Gasteiger partial charge in [-0.3, -0.25) is 32.4 Å². The van der Waals surface area contributed by atoms with Crippen molar-refractivity contribution < 1.29 is 41.7 Å². The third-order valence-corrected chi connectivity index (χ3v) is 7.14. The van der Waals surface area contributed by atoms with Crippen LogP contribution in [0.25, 0.3) is 0 Å². The van der Waals surface area contributed by atoms with E-state index < -0.39 is 45.3 Å². The molecule has 3 N–H and O–H groups in total. The van der Waals surface area contributed by atoms with Crippen molar-refractivity contribution in [1.82, 2.24) is 9.55 Å². The second-order valence-corrected chi connectivity index (χ2v) is 10.8. The van der Waals surface area contributed by atoms with Crippen LogP contribution in [0.3, 0.4) is 0 Å². The Morgan fingerprint density at radius 2 is 1.59 bits per heavy atom. The van der Waals surface area contributed by atoms with Crippen LogP contribution in [-0.2, 0) is 32.0 Å². The van der Waals surface area contributed by atoms with E-state index in [-0.39, 0.29) is 38.2 Å². The lowest BCUT2D eigenvalue weighted by Crippen LogP contribution is -2.35. The van der Waals surface area contributed by atoms with Crippen molar-refractivity contribution in [3.63, 3.8) is 0 Å². The molecule has 1 aromatic heterocycles. The molecule has 1 aliphatic rings. The van der Waals surface area contributed by atoms with Crippen LogP contribution in [0.2, 0.25) is 0 Å². The summed E-state index contributed by atoms with van der Waals surface area (Å²) in [7, 11) is -8.92. The summed E-state index contributed by atoms with van der Waals surface area (Å²) < 4.78 is 52.1. The Hall–Kier alpha value is -1.14. The number of ether oxygens (including phenoxy) is 1. The molecule has 1 aromatic rings. The molecule has 34 heavy (non-hydrogen) atoms. The van der Waals surface area contributed by atoms with Gasteiger partial charge in [0.15, 0.2) is 0 Å². The summed E-state index contributed by atoms with van der Waals surface area (Å²) in [6.07, 6.45) is 0.560. The highest BCUT2D eigenvalue weighted by molar-refractivity contribution is 7.47. The van der Waals surface area contributed by atoms with Crippen molar-refractivity contribution >= 4 is 15.6 Å². The molecule has 2 heterocycles.